The van der Waals surface area contributed by atoms with Crippen LogP contribution in [0.1, 0.15) is 6.92 Å². The van der Waals surface area contributed by atoms with Gasteiger partial charge in [-0.25, -0.2) is 4.98 Å². The lowest BCUT2D eigenvalue weighted by atomic mass is 10.2. The molecule has 0 amide bonds. The Bertz CT molecular complexity index is 398. The van der Waals surface area contributed by atoms with Gasteiger partial charge >= 0.3 is 0 Å². The molecule has 1 heterocycles. The highest BCUT2D eigenvalue weighted by atomic mass is 32.2. The summed E-state index contributed by atoms with van der Waals surface area (Å²) in [5.74, 6) is 1.88. The topological polar surface area (TPSA) is 25.8 Å². The van der Waals surface area contributed by atoms with Crippen LogP contribution in [0.2, 0.25) is 0 Å². The highest BCUT2D eigenvalue weighted by Crippen LogP contribution is 2.24. The molecule has 0 aliphatic heterocycles. The van der Waals surface area contributed by atoms with E-state index < -0.39 is 0 Å². The molecule has 0 saturated carbocycles. The molecule has 0 aliphatic carbocycles. The molecule has 0 fully saturated rings. The molecular weight excluding hydrogens is 212 g/mol. The van der Waals surface area contributed by atoms with Crippen LogP contribution in [0.4, 0.5) is 0 Å². The largest absolute Gasteiger partial charge is 0.208 e. The Morgan fingerprint density at radius 2 is 2.07 bits per heavy atom. The molecule has 0 aliphatic rings. The van der Waals surface area contributed by atoms with Gasteiger partial charge < -0.3 is 0 Å². The number of rotatable bonds is 3. The molecule has 1 aromatic carbocycles. The van der Waals surface area contributed by atoms with Crippen molar-refractivity contribution >= 4 is 23.3 Å². The van der Waals surface area contributed by atoms with Crippen molar-refractivity contribution in [1.82, 2.24) is 9.36 Å². The number of hydrogen-bond donors (Lipinski definition) is 0. The van der Waals surface area contributed by atoms with Gasteiger partial charge in [-0.2, -0.15) is 4.37 Å². The van der Waals surface area contributed by atoms with Crippen LogP contribution in [0.15, 0.2) is 34.7 Å². The van der Waals surface area contributed by atoms with Crippen LogP contribution >= 0.6 is 23.3 Å². The molecule has 2 nitrogen and oxygen atoms in total. The maximum absolute atomic E-state index is 4.44. The van der Waals surface area contributed by atoms with Crippen LogP contribution < -0.4 is 0 Å². The molecule has 14 heavy (non-hydrogen) atoms. The summed E-state index contributed by atoms with van der Waals surface area (Å²) in [6.07, 6.45) is 0. The van der Waals surface area contributed by atoms with Gasteiger partial charge in [-0.05, 0) is 17.3 Å². The fourth-order valence-corrected chi connectivity index (χ4v) is 2.61. The molecule has 0 bridgehead atoms. The Hall–Kier alpha value is -0.870. The Balaban J connectivity index is 2.25. The second-order valence-electron chi connectivity index (χ2n) is 2.68. The van der Waals surface area contributed by atoms with Crippen LogP contribution in [0.25, 0.3) is 11.4 Å². The summed E-state index contributed by atoms with van der Waals surface area (Å²) in [7, 11) is 0. The average Bonchev–Trinajstić information content (AvgIpc) is 2.68. The third-order valence-electron chi connectivity index (χ3n) is 1.71. The van der Waals surface area contributed by atoms with E-state index in [1.54, 1.807) is 11.8 Å². The van der Waals surface area contributed by atoms with Gasteiger partial charge in [0.2, 0.25) is 0 Å². The lowest BCUT2D eigenvalue weighted by molar-refractivity contribution is 1.22. The zero-order valence-electron chi connectivity index (χ0n) is 7.80. The van der Waals surface area contributed by atoms with Crippen molar-refractivity contribution in [3.8, 4) is 11.4 Å². The monoisotopic (exact) mass is 222 g/mol. The van der Waals surface area contributed by atoms with E-state index in [-0.39, 0.29) is 0 Å². The predicted octanol–water partition coefficient (Wildman–Crippen LogP) is 3.32. The first-order valence-electron chi connectivity index (χ1n) is 4.42. The van der Waals surface area contributed by atoms with Gasteiger partial charge in [0.25, 0.3) is 0 Å². The van der Waals surface area contributed by atoms with Crippen molar-refractivity contribution in [2.75, 3.05) is 5.75 Å². The number of thioether (sulfide) groups is 1. The number of nitrogens with zero attached hydrogens (tertiary/aromatic N) is 2. The van der Waals surface area contributed by atoms with Gasteiger partial charge in [0.1, 0.15) is 0 Å². The van der Waals surface area contributed by atoms with Gasteiger partial charge in [-0.1, -0.05) is 49.0 Å². The van der Waals surface area contributed by atoms with E-state index in [0.717, 1.165) is 21.5 Å². The highest BCUT2D eigenvalue weighted by Gasteiger charge is 2.04. The highest BCUT2D eigenvalue weighted by molar-refractivity contribution is 8.00. The summed E-state index contributed by atoms with van der Waals surface area (Å²) in [5.41, 5.74) is 1.09. The molecule has 0 saturated heterocycles. The van der Waals surface area contributed by atoms with Crippen molar-refractivity contribution < 1.29 is 0 Å². The van der Waals surface area contributed by atoms with Crippen LogP contribution in [0.3, 0.4) is 0 Å². The predicted molar refractivity (Wildman–Crippen MR) is 61.7 cm³/mol. The quantitative estimate of drug-likeness (QED) is 0.745. The SMILES string of the molecule is CCSc1nc(-c2ccccc2)ns1. The molecule has 2 rings (SSSR count). The first-order valence-corrected chi connectivity index (χ1v) is 6.18. The molecule has 1 aromatic heterocycles. The van der Waals surface area contributed by atoms with Gasteiger partial charge in [0, 0.05) is 5.56 Å². The van der Waals surface area contributed by atoms with E-state index in [1.807, 2.05) is 30.3 Å². The zero-order valence-corrected chi connectivity index (χ0v) is 9.44. The maximum atomic E-state index is 4.44. The second-order valence-corrected chi connectivity index (χ2v) is 4.95. The minimum absolute atomic E-state index is 0.839. The molecule has 2 aromatic rings. The maximum Gasteiger partial charge on any atom is 0.174 e. The van der Waals surface area contributed by atoms with Crippen LogP contribution in [0.5, 0.6) is 0 Å². The summed E-state index contributed by atoms with van der Waals surface area (Å²) in [5, 5.41) is 0. The number of aromatic nitrogens is 2. The Kier molecular flexibility index (Phi) is 3.16. The fourth-order valence-electron chi connectivity index (χ4n) is 1.10. The van der Waals surface area contributed by atoms with E-state index in [0.29, 0.717) is 0 Å². The van der Waals surface area contributed by atoms with Gasteiger partial charge in [0.05, 0.1) is 0 Å². The van der Waals surface area contributed by atoms with E-state index in [9.17, 15) is 0 Å². The van der Waals surface area contributed by atoms with E-state index in [4.69, 9.17) is 0 Å². The molecule has 72 valence electrons. The van der Waals surface area contributed by atoms with Crippen LogP contribution in [0, 0.1) is 0 Å². The Labute approximate surface area is 91.6 Å². The van der Waals surface area contributed by atoms with E-state index in [2.05, 4.69) is 16.3 Å². The molecule has 0 N–H and O–H groups in total. The molecule has 0 unspecified atom stereocenters. The molecular formula is C10H10N2S2. The Morgan fingerprint density at radius 1 is 1.29 bits per heavy atom. The molecule has 0 radical (unpaired) electrons. The Morgan fingerprint density at radius 3 is 2.79 bits per heavy atom. The molecule has 4 heteroatoms. The van der Waals surface area contributed by atoms with Crippen molar-refractivity contribution in [2.45, 2.75) is 11.3 Å². The second kappa shape index (κ2) is 4.57. The lowest BCUT2D eigenvalue weighted by Gasteiger charge is -1.91. The van der Waals surface area contributed by atoms with Crippen molar-refractivity contribution in [2.24, 2.45) is 0 Å². The minimum Gasteiger partial charge on any atom is -0.208 e. The van der Waals surface area contributed by atoms with Crippen molar-refractivity contribution in [3.63, 3.8) is 0 Å². The van der Waals surface area contributed by atoms with Gasteiger partial charge in [-0.15, -0.1) is 0 Å². The standard InChI is InChI=1S/C10H10N2S2/c1-2-13-10-11-9(12-14-10)8-6-4-3-5-7-8/h3-7H,2H2,1H3. The fraction of sp³-hybridized carbons (Fsp3) is 0.200. The van der Waals surface area contributed by atoms with Crippen LogP contribution in [-0.4, -0.2) is 15.1 Å². The summed E-state index contributed by atoms with van der Waals surface area (Å²) >= 11 is 3.21. The van der Waals surface area contributed by atoms with Gasteiger partial charge in [0.15, 0.2) is 10.2 Å². The minimum atomic E-state index is 0.839. The average molecular weight is 222 g/mol. The third kappa shape index (κ3) is 2.13. The van der Waals surface area contributed by atoms with Crippen LogP contribution in [-0.2, 0) is 0 Å². The summed E-state index contributed by atoms with van der Waals surface area (Å²) in [4.78, 5) is 4.44. The zero-order chi connectivity index (χ0) is 9.80. The lowest BCUT2D eigenvalue weighted by Crippen LogP contribution is -1.78. The molecule has 0 spiro atoms. The van der Waals surface area contributed by atoms with E-state index in [1.165, 1.54) is 11.5 Å². The summed E-state index contributed by atoms with van der Waals surface area (Å²) in [6, 6.07) is 10.1. The molecule has 0 atom stereocenters. The third-order valence-corrected chi connectivity index (χ3v) is 3.42. The first-order chi connectivity index (χ1) is 6.90. The summed E-state index contributed by atoms with van der Waals surface area (Å²) in [6.45, 7) is 2.12. The van der Waals surface area contributed by atoms with Crippen molar-refractivity contribution in [3.05, 3.63) is 30.3 Å². The first kappa shape index (κ1) is 9.68. The van der Waals surface area contributed by atoms with Crippen molar-refractivity contribution in [1.29, 1.82) is 0 Å². The number of hydrogen-bond acceptors (Lipinski definition) is 4. The smallest absolute Gasteiger partial charge is 0.174 e. The summed E-state index contributed by atoms with van der Waals surface area (Å²) < 4.78 is 5.36. The van der Waals surface area contributed by atoms with Gasteiger partial charge in [-0.3, -0.25) is 0 Å². The number of benzene rings is 1. The normalized spacial score (nSPS) is 10.4. The van der Waals surface area contributed by atoms with E-state index >= 15 is 0 Å².